The van der Waals surface area contributed by atoms with Crippen molar-refractivity contribution in [1.29, 1.82) is 0 Å². The van der Waals surface area contributed by atoms with Gasteiger partial charge in [-0.25, -0.2) is 4.79 Å². The summed E-state index contributed by atoms with van der Waals surface area (Å²) < 4.78 is 87.9. The van der Waals surface area contributed by atoms with Crippen molar-refractivity contribution in [3.8, 4) is 0 Å². The number of hydrogen-bond donors (Lipinski definition) is 22. The average Bonchev–Trinajstić information content (AvgIpc) is 0.772. The molecule has 7 fully saturated rings. The Morgan fingerprint density at radius 1 is 0.375 bits per heavy atom. The van der Waals surface area contributed by atoms with Gasteiger partial charge in [0, 0.05) is 5.57 Å². The van der Waals surface area contributed by atoms with Crippen LogP contribution in [0.5, 0.6) is 0 Å². The summed E-state index contributed by atoms with van der Waals surface area (Å²) in [5.41, 5.74) is 2.30. The first-order chi connectivity index (χ1) is 56.6. The van der Waals surface area contributed by atoms with Gasteiger partial charge in [0.05, 0.1) is 69.2 Å². The van der Waals surface area contributed by atoms with Gasteiger partial charge in [-0.3, -0.25) is 0 Å². The standard InChI is InChI=1S/C82H134O38/c1-13-81(11,119-79-71(63(99)56(92)49(34-85)112-79)117-75-65(101)59(95)54(90)47(32-83)110-75)28-18-26-39(4)21-15-20-38(3)23-17-25-42(7)36-106-74-68(104)69(53(89)45(10)108-74)116-77-67(103)61(97)58(94)51(114-77)37-107-78-70(62(98)52(88)44(9)109-78)115-73(105)43(8)31-46(87)30-41(6)24-16-22-40(5)27-19-29-82(12,14-2)120-80-72(64(100)57(93)50(35-86)113-80)118-76-66(102)60(96)55(91)48(33-84)111-76/h13-14,20,24-27,31,44-72,74-80,83-104H,1-2,15-19,21-23,28-30,32-37H2,3-12H3/b38-20+,39-26+,40-27+,41-24+,42-25-,43-31+. The predicted molar refractivity (Wildman–Crippen MR) is 418 cm³/mol. The Morgan fingerprint density at radius 2 is 0.725 bits per heavy atom. The molecule has 38 nitrogen and oxygen atoms in total. The fourth-order valence-electron chi connectivity index (χ4n) is 14.8. The van der Waals surface area contributed by atoms with Crippen LogP contribution in [-0.4, -0.2) is 390 Å². The van der Waals surface area contributed by atoms with Crippen molar-refractivity contribution < 1.29 is 188 Å². The Hall–Kier alpha value is -4.05. The molecule has 0 aliphatic carbocycles. The molecule has 7 heterocycles. The van der Waals surface area contributed by atoms with Gasteiger partial charge < -0.3 is 183 Å². The Morgan fingerprint density at radius 3 is 1.15 bits per heavy atom. The minimum absolute atomic E-state index is 0.0186. The summed E-state index contributed by atoms with van der Waals surface area (Å²) >= 11 is 0. The highest BCUT2D eigenvalue weighted by Crippen LogP contribution is 2.38. The van der Waals surface area contributed by atoms with E-state index in [0.29, 0.717) is 51.4 Å². The zero-order chi connectivity index (χ0) is 89.1. The van der Waals surface area contributed by atoms with Crippen molar-refractivity contribution in [3.63, 3.8) is 0 Å². The minimum Gasteiger partial charge on any atom is -0.451 e. The van der Waals surface area contributed by atoms with Crippen molar-refractivity contribution in [2.45, 2.75) is 372 Å². The summed E-state index contributed by atoms with van der Waals surface area (Å²) in [7, 11) is 0. The summed E-state index contributed by atoms with van der Waals surface area (Å²) in [4.78, 5) is 13.7. The molecule has 0 aromatic heterocycles. The van der Waals surface area contributed by atoms with Crippen LogP contribution in [0.15, 0.2) is 95.2 Å². The third-order valence-electron chi connectivity index (χ3n) is 22.9. The zero-order valence-corrected chi connectivity index (χ0v) is 69.7. The molecule has 7 aliphatic rings. The Kier molecular flexibility index (Phi) is 40.9. The predicted octanol–water partition coefficient (Wildman–Crippen LogP) is -3.44. The molecule has 7 rings (SSSR count). The van der Waals surface area contributed by atoms with E-state index in [9.17, 15) is 117 Å². The molecular formula is C82H134O38. The summed E-state index contributed by atoms with van der Waals surface area (Å²) in [6, 6.07) is 0. The molecule has 0 spiro atoms. The number of aliphatic hydroxyl groups excluding tert-OH is 22. The molecule has 0 saturated carbocycles. The van der Waals surface area contributed by atoms with Gasteiger partial charge in [0.1, 0.15) is 153 Å². The number of carbonyl (C=O) groups excluding carboxylic acids is 1. The monoisotopic (exact) mass is 1730 g/mol. The normalized spacial score (nSPS) is 41.1. The van der Waals surface area contributed by atoms with E-state index in [1.165, 1.54) is 39.0 Å². The quantitative estimate of drug-likeness (QED) is 0.0161. The number of aliphatic hydroxyl groups is 22. The minimum atomic E-state index is -1.96. The van der Waals surface area contributed by atoms with Gasteiger partial charge in [-0.15, -0.1) is 13.2 Å². The van der Waals surface area contributed by atoms with Gasteiger partial charge in [0.2, 0.25) is 0 Å². The van der Waals surface area contributed by atoms with Crippen LogP contribution in [0, 0.1) is 0 Å². The van der Waals surface area contributed by atoms with Crippen molar-refractivity contribution >= 4 is 5.97 Å². The van der Waals surface area contributed by atoms with Crippen molar-refractivity contribution in [1.82, 2.24) is 0 Å². The number of rotatable bonds is 42. The van der Waals surface area contributed by atoms with Crippen LogP contribution in [0.25, 0.3) is 0 Å². The maximum absolute atomic E-state index is 13.7. The van der Waals surface area contributed by atoms with E-state index in [1.807, 2.05) is 52.0 Å². The fourth-order valence-corrected chi connectivity index (χ4v) is 14.8. The molecular weight excluding hydrogens is 1590 g/mol. The molecule has 38 atom stereocenters. The number of ether oxygens (including phenoxy) is 15. The number of carbonyl (C=O) groups is 1. The van der Waals surface area contributed by atoms with Gasteiger partial charge in [0.25, 0.3) is 0 Å². The smallest absolute Gasteiger partial charge is 0.334 e. The maximum atomic E-state index is 13.7. The van der Waals surface area contributed by atoms with E-state index in [2.05, 4.69) is 19.2 Å². The van der Waals surface area contributed by atoms with Crippen molar-refractivity contribution in [3.05, 3.63) is 95.2 Å². The second kappa shape index (κ2) is 47.7. The van der Waals surface area contributed by atoms with Gasteiger partial charge in [-0.2, -0.15) is 0 Å². The van der Waals surface area contributed by atoms with Crippen LogP contribution in [0.1, 0.15) is 140 Å². The molecule has 22 N–H and O–H groups in total. The molecule has 7 aliphatic heterocycles. The van der Waals surface area contributed by atoms with Crippen LogP contribution >= 0.6 is 0 Å². The lowest BCUT2D eigenvalue weighted by Crippen LogP contribution is -2.65. The summed E-state index contributed by atoms with van der Waals surface area (Å²) in [6.07, 6.45) is -38.0. The highest BCUT2D eigenvalue weighted by atomic mass is 16.8. The molecule has 38 heteroatoms. The number of allylic oxidation sites excluding steroid dienone is 8. The van der Waals surface area contributed by atoms with Crippen LogP contribution < -0.4 is 0 Å². The molecule has 38 unspecified atom stereocenters. The Bertz CT molecular complexity index is 3340. The first-order valence-corrected chi connectivity index (χ1v) is 40.9. The van der Waals surface area contributed by atoms with Crippen molar-refractivity contribution in [2.75, 3.05) is 39.6 Å². The van der Waals surface area contributed by atoms with E-state index in [4.69, 9.17) is 71.1 Å². The second-order valence-corrected chi connectivity index (χ2v) is 32.9. The molecule has 0 aromatic rings. The molecule has 0 amide bonds. The highest BCUT2D eigenvalue weighted by molar-refractivity contribution is 5.88. The lowest BCUT2D eigenvalue weighted by Gasteiger charge is -2.47. The van der Waals surface area contributed by atoms with Gasteiger partial charge >= 0.3 is 5.97 Å². The third-order valence-corrected chi connectivity index (χ3v) is 22.9. The number of esters is 1. The van der Waals surface area contributed by atoms with E-state index < -0.39 is 271 Å². The van der Waals surface area contributed by atoms with Crippen LogP contribution in [0.2, 0.25) is 0 Å². The third kappa shape index (κ3) is 27.5. The highest BCUT2D eigenvalue weighted by Gasteiger charge is 2.57. The SMILES string of the molecule is C=CC(C)(CC/C=C(\C)CC/C=C(\C)CC/C=C(/C)COC1OC(C)C(O)C(OC2OC(COC3OC(C)C(O)C(O)C3OC(=O)/C(C)=C/C(O)C/C(C)=C/CC/C(C)=C/CCC(C)(C=C)OC3OC(CO)C(O)C(O)C3OC3OC(CO)C(O)C(O)C3O)C(O)C(O)C2O)C1O)OC1OC(CO)C(O)C(O)C1OC1OC(CO)C(O)C(O)C1O. The average molecular weight is 1730 g/mol. The largest absolute Gasteiger partial charge is 0.451 e. The zero-order valence-electron chi connectivity index (χ0n) is 69.7. The molecule has 0 radical (unpaired) electrons. The molecule has 7 saturated heterocycles. The lowest BCUT2D eigenvalue weighted by molar-refractivity contribution is -0.375. The van der Waals surface area contributed by atoms with Crippen LogP contribution in [-0.2, 0) is 75.8 Å². The van der Waals surface area contributed by atoms with Gasteiger partial charge in [0.15, 0.2) is 50.1 Å². The van der Waals surface area contributed by atoms with E-state index >= 15 is 0 Å². The topological polar surface area (TPSA) is 601 Å². The number of hydrogen-bond acceptors (Lipinski definition) is 38. The van der Waals surface area contributed by atoms with Crippen LogP contribution in [0.4, 0.5) is 0 Å². The van der Waals surface area contributed by atoms with Gasteiger partial charge in [-0.05, 0) is 146 Å². The van der Waals surface area contributed by atoms with Gasteiger partial charge in [-0.1, -0.05) is 70.4 Å². The molecule has 690 valence electrons. The van der Waals surface area contributed by atoms with Crippen LogP contribution in [0.3, 0.4) is 0 Å². The summed E-state index contributed by atoms with van der Waals surface area (Å²) in [5.74, 6) is -1.04. The van der Waals surface area contributed by atoms with E-state index in [-0.39, 0.29) is 18.6 Å². The Labute approximate surface area is 698 Å². The van der Waals surface area contributed by atoms with E-state index in [0.717, 1.165) is 40.7 Å². The Balaban J connectivity index is 0.845. The summed E-state index contributed by atoms with van der Waals surface area (Å²) in [5, 5.41) is 235. The molecule has 120 heavy (non-hydrogen) atoms. The fraction of sp³-hybridized carbons (Fsp3) is 0.793. The lowest BCUT2D eigenvalue weighted by atomic mass is 9.95. The molecule has 0 bridgehead atoms. The maximum Gasteiger partial charge on any atom is 0.334 e. The van der Waals surface area contributed by atoms with Crippen molar-refractivity contribution in [2.24, 2.45) is 0 Å². The molecule has 0 aromatic carbocycles. The first-order valence-electron chi connectivity index (χ1n) is 40.9. The second-order valence-electron chi connectivity index (χ2n) is 32.9. The summed E-state index contributed by atoms with van der Waals surface area (Å²) in [6.45, 7) is 21.4. The van der Waals surface area contributed by atoms with E-state index in [1.54, 1.807) is 20.8 Å². The first kappa shape index (κ1) is 103.